The Morgan fingerprint density at radius 2 is 2.00 bits per heavy atom. The van der Waals surface area contributed by atoms with E-state index in [-0.39, 0.29) is 34.6 Å². The van der Waals surface area contributed by atoms with Crippen LogP contribution in [0.15, 0.2) is 76.5 Å². The van der Waals surface area contributed by atoms with Crippen LogP contribution in [-0.4, -0.2) is 31.6 Å². The van der Waals surface area contributed by atoms with E-state index in [4.69, 9.17) is 16.3 Å². The molecule has 1 amide bonds. The summed E-state index contributed by atoms with van der Waals surface area (Å²) in [4.78, 5) is 18.4. The van der Waals surface area contributed by atoms with Crippen molar-refractivity contribution in [1.82, 2.24) is 10.1 Å². The van der Waals surface area contributed by atoms with Gasteiger partial charge in [0.05, 0.1) is 17.8 Å². The first-order valence-electron chi connectivity index (χ1n) is 10.6. The zero-order valence-electron chi connectivity index (χ0n) is 19.1. The number of hydrogen-bond donors (Lipinski definition) is 1. The molecule has 0 atom stereocenters. The predicted molar refractivity (Wildman–Crippen MR) is 132 cm³/mol. The lowest BCUT2D eigenvalue weighted by molar-refractivity contribution is -0.117. The third-order valence-corrected chi connectivity index (χ3v) is 6.79. The summed E-state index contributed by atoms with van der Waals surface area (Å²) in [6.07, 6.45) is 2.45. The second-order valence-corrected chi connectivity index (χ2v) is 9.53. The summed E-state index contributed by atoms with van der Waals surface area (Å²) in [6.45, 7) is 1.67. The summed E-state index contributed by atoms with van der Waals surface area (Å²) in [5, 5.41) is 3.81. The summed E-state index contributed by atoms with van der Waals surface area (Å²) in [5.41, 5.74) is 1.27. The number of hydrogen-bond acceptors (Lipinski definition) is 7. The summed E-state index contributed by atoms with van der Waals surface area (Å²) in [5.74, 6) is -0.358. The van der Waals surface area contributed by atoms with Gasteiger partial charge in [-0.05, 0) is 35.9 Å². The number of carbonyl (C=O) groups is 1. The largest absolute Gasteiger partial charge is 0.495 e. The van der Waals surface area contributed by atoms with Crippen LogP contribution in [0.4, 0.5) is 21.7 Å². The molecule has 4 aromatic rings. The van der Waals surface area contributed by atoms with Crippen molar-refractivity contribution in [2.45, 2.75) is 18.2 Å². The minimum absolute atomic E-state index is 0.0117. The Labute approximate surface area is 211 Å². The molecule has 4 rings (SSSR count). The fourth-order valence-electron chi connectivity index (χ4n) is 3.43. The SMILES string of the molecule is CCC(=O)N(c1ccc(S(=O)(=O)Nc2ccon2)cn1)c1cc(-c2cccc(F)c2)c(Cl)cc1OC. The summed E-state index contributed by atoms with van der Waals surface area (Å²) in [6, 6.07) is 13.0. The summed E-state index contributed by atoms with van der Waals surface area (Å²) in [7, 11) is -2.58. The van der Waals surface area contributed by atoms with Crippen molar-refractivity contribution < 1.29 is 26.9 Å². The van der Waals surface area contributed by atoms with Gasteiger partial charge in [-0.2, -0.15) is 0 Å². The number of methoxy groups -OCH3 is 1. The Morgan fingerprint density at radius 3 is 2.61 bits per heavy atom. The maximum absolute atomic E-state index is 13.9. The van der Waals surface area contributed by atoms with Gasteiger partial charge in [-0.1, -0.05) is 35.8 Å². The molecule has 2 aromatic carbocycles. The summed E-state index contributed by atoms with van der Waals surface area (Å²) < 4.78 is 51.5. The fourth-order valence-corrected chi connectivity index (χ4v) is 4.63. The molecule has 0 bridgehead atoms. The number of aromatic nitrogens is 2. The maximum Gasteiger partial charge on any atom is 0.264 e. The lowest BCUT2D eigenvalue weighted by Crippen LogP contribution is -2.26. The van der Waals surface area contributed by atoms with Gasteiger partial charge in [-0.25, -0.2) is 17.8 Å². The number of amides is 1. The highest BCUT2D eigenvalue weighted by Crippen LogP contribution is 2.41. The van der Waals surface area contributed by atoms with E-state index in [1.807, 2.05) is 0 Å². The summed E-state index contributed by atoms with van der Waals surface area (Å²) >= 11 is 6.45. The zero-order valence-corrected chi connectivity index (χ0v) is 20.7. The van der Waals surface area contributed by atoms with Gasteiger partial charge in [-0.3, -0.25) is 14.4 Å². The number of nitrogens with zero attached hydrogens (tertiary/aromatic N) is 3. The van der Waals surface area contributed by atoms with E-state index in [0.29, 0.717) is 21.8 Å². The number of carbonyl (C=O) groups excluding carboxylic acids is 1. The quantitative estimate of drug-likeness (QED) is 0.324. The second-order valence-electron chi connectivity index (χ2n) is 7.44. The number of benzene rings is 2. The Hall–Kier alpha value is -3.96. The van der Waals surface area contributed by atoms with Crippen molar-refractivity contribution in [3.63, 3.8) is 0 Å². The molecule has 9 nitrogen and oxygen atoms in total. The van der Waals surface area contributed by atoms with Crippen LogP contribution in [0.5, 0.6) is 5.75 Å². The number of rotatable bonds is 8. The van der Waals surface area contributed by atoms with E-state index >= 15 is 0 Å². The third kappa shape index (κ3) is 5.16. The van der Waals surface area contributed by atoms with Crippen LogP contribution in [0, 0.1) is 5.82 Å². The van der Waals surface area contributed by atoms with Crippen molar-refractivity contribution in [2.75, 3.05) is 16.7 Å². The number of sulfonamides is 1. The van der Waals surface area contributed by atoms with Gasteiger partial charge in [-0.15, -0.1) is 0 Å². The monoisotopic (exact) mass is 530 g/mol. The Balaban J connectivity index is 1.78. The first-order valence-corrected chi connectivity index (χ1v) is 12.4. The Morgan fingerprint density at radius 1 is 1.19 bits per heavy atom. The first-order chi connectivity index (χ1) is 17.2. The molecule has 0 radical (unpaired) electrons. The maximum atomic E-state index is 13.9. The lowest BCUT2D eigenvalue weighted by Gasteiger charge is -2.25. The topological polar surface area (TPSA) is 115 Å². The van der Waals surface area contributed by atoms with Gasteiger partial charge in [0.2, 0.25) is 5.91 Å². The van der Waals surface area contributed by atoms with Crippen molar-refractivity contribution in [2.24, 2.45) is 0 Å². The molecular formula is C24H20ClFN4O5S. The van der Waals surface area contributed by atoms with Gasteiger partial charge in [0, 0.05) is 30.3 Å². The van der Waals surface area contributed by atoms with Crippen LogP contribution in [0.2, 0.25) is 5.02 Å². The average Bonchev–Trinajstić information content (AvgIpc) is 3.37. The van der Waals surface area contributed by atoms with Gasteiger partial charge >= 0.3 is 0 Å². The van der Waals surface area contributed by atoms with E-state index in [1.165, 1.54) is 54.7 Å². The van der Waals surface area contributed by atoms with E-state index in [1.54, 1.807) is 25.1 Å². The molecule has 2 heterocycles. The van der Waals surface area contributed by atoms with E-state index in [0.717, 1.165) is 6.20 Å². The molecule has 0 spiro atoms. The molecule has 0 saturated carbocycles. The molecule has 0 saturated heterocycles. The third-order valence-electron chi connectivity index (χ3n) is 5.13. The molecular weight excluding hydrogens is 511 g/mol. The van der Waals surface area contributed by atoms with Crippen LogP contribution < -0.4 is 14.4 Å². The standard InChI is InChI=1S/C24H20ClFN4O5S/c1-3-24(31)30(23-8-7-17(14-27-23)36(32,33)29-22-9-10-35-28-22)20-12-18(19(25)13-21(20)34-2)15-5-4-6-16(26)11-15/h4-14H,3H2,1-2H3,(H,28,29). The molecule has 0 aliphatic heterocycles. The number of pyridine rings is 1. The van der Waals surface area contributed by atoms with E-state index in [2.05, 4.69) is 19.4 Å². The second kappa shape index (κ2) is 10.3. The minimum Gasteiger partial charge on any atom is -0.495 e. The molecule has 0 fully saturated rings. The average molecular weight is 531 g/mol. The zero-order chi connectivity index (χ0) is 25.9. The van der Waals surface area contributed by atoms with Crippen LogP contribution in [0.1, 0.15) is 13.3 Å². The van der Waals surface area contributed by atoms with Gasteiger partial charge in [0.25, 0.3) is 10.0 Å². The predicted octanol–water partition coefficient (Wildman–Crippen LogP) is 5.41. The van der Waals surface area contributed by atoms with E-state index in [9.17, 15) is 17.6 Å². The highest BCUT2D eigenvalue weighted by molar-refractivity contribution is 7.92. The molecule has 1 N–H and O–H groups in total. The van der Waals surface area contributed by atoms with Crippen LogP contribution >= 0.6 is 11.6 Å². The van der Waals surface area contributed by atoms with Crippen LogP contribution in [0.3, 0.4) is 0 Å². The lowest BCUT2D eigenvalue weighted by atomic mass is 10.0. The van der Waals surface area contributed by atoms with Gasteiger partial charge in [0.1, 0.15) is 28.5 Å². The molecule has 186 valence electrons. The molecule has 36 heavy (non-hydrogen) atoms. The molecule has 0 unspecified atom stereocenters. The van der Waals surface area contributed by atoms with Crippen molar-refractivity contribution in [3.8, 4) is 16.9 Å². The van der Waals surface area contributed by atoms with Crippen molar-refractivity contribution in [1.29, 1.82) is 0 Å². The van der Waals surface area contributed by atoms with Gasteiger partial charge in [0.15, 0.2) is 5.82 Å². The van der Waals surface area contributed by atoms with Crippen LogP contribution in [-0.2, 0) is 14.8 Å². The number of nitrogens with one attached hydrogen (secondary N) is 1. The molecule has 12 heteroatoms. The van der Waals surface area contributed by atoms with Crippen molar-refractivity contribution >= 4 is 44.9 Å². The number of anilines is 3. The Kier molecular flexibility index (Phi) is 7.22. The molecule has 0 aliphatic carbocycles. The molecule has 0 aliphatic rings. The smallest absolute Gasteiger partial charge is 0.264 e. The van der Waals surface area contributed by atoms with Gasteiger partial charge < -0.3 is 9.26 Å². The normalized spacial score (nSPS) is 11.2. The van der Waals surface area contributed by atoms with Crippen molar-refractivity contribution in [3.05, 3.63) is 77.9 Å². The first kappa shape index (κ1) is 25.1. The molecule has 2 aromatic heterocycles. The minimum atomic E-state index is -4.00. The highest BCUT2D eigenvalue weighted by atomic mass is 35.5. The number of ether oxygens (including phenoxy) is 1. The van der Waals surface area contributed by atoms with Crippen LogP contribution in [0.25, 0.3) is 11.1 Å². The van der Waals surface area contributed by atoms with E-state index < -0.39 is 15.8 Å². The fraction of sp³-hybridized carbons (Fsp3) is 0.125. The Bertz CT molecular complexity index is 1500. The number of halogens is 2. The highest BCUT2D eigenvalue weighted by Gasteiger charge is 2.25.